The Morgan fingerprint density at radius 3 is 2.63 bits per heavy atom. The Kier molecular flexibility index (Phi) is 4.97. The van der Waals surface area contributed by atoms with Crippen LogP contribution in [-0.2, 0) is 11.2 Å². The van der Waals surface area contributed by atoms with Crippen LogP contribution in [0.2, 0.25) is 0 Å². The van der Waals surface area contributed by atoms with E-state index < -0.39 is 0 Å². The Hall–Kier alpha value is -1.35. The molecule has 1 saturated carbocycles. The minimum Gasteiger partial charge on any atom is -0.345 e. The lowest BCUT2D eigenvalue weighted by atomic mass is 9.80. The molecule has 104 valence electrons. The molecule has 0 bridgehead atoms. The van der Waals surface area contributed by atoms with Gasteiger partial charge in [0.1, 0.15) is 0 Å². The van der Waals surface area contributed by atoms with Crippen molar-refractivity contribution in [2.75, 3.05) is 13.6 Å². The molecule has 2 rings (SSSR count). The van der Waals surface area contributed by atoms with E-state index in [-0.39, 0.29) is 5.91 Å². The van der Waals surface area contributed by atoms with Gasteiger partial charge in [-0.3, -0.25) is 4.79 Å². The van der Waals surface area contributed by atoms with Crippen LogP contribution >= 0.6 is 0 Å². The maximum atomic E-state index is 12.0. The zero-order valence-electron chi connectivity index (χ0n) is 11.7. The van der Waals surface area contributed by atoms with Crippen LogP contribution in [0.5, 0.6) is 0 Å². The minimum atomic E-state index is 0.261. The van der Waals surface area contributed by atoms with Gasteiger partial charge in [0.05, 0.1) is 0 Å². The van der Waals surface area contributed by atoms with Crippen molar-refractivity contribution < 1.29 is 4.79 Å². The fraction of sp³-hybridized carbons (Fsp3) is 0.562. The summed E-state index contributed by atoms with van der Waals surface area (Å²) in [6, 6.07) is 10.7. The van der Waals surface area contributed by atoms with Gasteiger partial charge in [0, 0.05) is 26.1 Å². The molecule has 1 amide bonds. The van der Waals surface area contributed by atoms with Crippen LogP contribution in [0.3, 0.4) is 0 Å². The molecule has 3 heteroatoms. The molecule has 1 aliphatic rings. The Labute approximate surface area is 115 Å². The maximum absolute atomic E-state index is 12.0. The molecule has 0 spiro atoms. The van der Waals surface area contributed by atoms with Gasteiger partial charge in [-0.05, 0) is 37.2 Å². The Morgan fingerprint density at radius 2 is 2.00 bits per heavy atom. The third-order valence-corrected chi connectivity index (χ3v) is 3.93. The molecule has 19 heavy (non-hydrogen) atoms. The summed E-state index contributed by atoms with van der Waals surface area (Å²) in [4.78, 5) is 13.9. The highest BCUT2D eigenvalue weighted by molar-refractivity contribution is 5.75. The predicted molar refractivity (Wildman–Crippen MR) is 77.7 cm³/mol. The first-order valence-corrected chi connectivity index (χ1v) is 7.18. The summed E-state index contributed by atoms with van der Waals surface area (Å²) in [5, 5.41) is 0. The summed E-state index contributed by atoms with van der Waals surface area (Å²) >= 11 is 0. The van der Waals surface area contributed by atoms with Gasteiger partial charge in [0.15, 0.2) is 0 Å². The van der Waals surface area contributed by atoms with Gasteiger partial charge >= 0.3 is 0 Å². The molecule has 2 N–H and O–H groups in total. The molecule has 0 aliphatic heterocycles. The van der Waals surface area contributed by atoms with Crippen LogP contribution in [-0.4, -0.2) is 30.4 Å². The van der Waals surface area contributed by atoms with Crippen molar-refractivity contribution >= 4 is 5.91 Å². The van der Waals surface area contributed by atoms with Gasteiger partial charge in [-0.25, -0.2) is 0 Å². The van der Waals surface area contributed by atoms with Crippen molar-refractivity contribution in [2.45, 2.75) is 38.1 Å². The number of hydrogen-bond acceptors (Lipinski definition) is 2. The highest BCUT2D eigenvalue weighted by Gasteiger charge is 2.27. The van der Waals surface area contributed by atoms with Gasteiger partial charge in [-0.15, -0.1) is 0 Å². The van der Waals surface area contributed by atoms with Crippen molar-refractivity contribution in [1.29, 1.82) is 0 Å². The van der Waals surface area contributed by atoms with E-state index in [4.69, 9.17) is 5.73 Å². The normalized spacial score (nSPS) is 21.8. The highest BCUT2D eigenvalue weighted by Crippen LogP contribution is 2.26. The number of rotatable bonds is 6. The second kappa shape index (κ2) is 6.71. The molecule has 1 aromatic carbocycles. The number of amides is 1. The first-order chi connectivity index (χ1) is 9.15. The van der Waals surface area contributed by atoms with Crippen molar-refractivity contribution in [3.05, 3.63) is 35.9 Å². The van der Waals surface area contributed by atoms with Gasteiger partial charge in [0.2, 0.25) is 5.91 Å². The van der Waals surface area contributed by atoms with Crippen LogP contribution in [0, 0.1) is 5.92 Å². The molecule has 0 heterocycles. The lowest BCUT2D eigenvalue weighted by Crippen LogP contribution is -2.43. The van der Waals surface area contributed by atoms with E-state index in [1.165, 1.54) is 5.56 Å². The molecule has 3 nitrogen and oxygen atoms in total. The van der Waals surface area contributed by atoms with Crippen molar-refractivity contribution in [3.8, 4) is 0 Å². The third kappa shape index (κ3) is 4.35. The summed E-state index contributed by atoms with van der Waals surface area (Å²) in [6.45, 7) is 0.873. The minimum absolute atomic E-state index is 0.261. The zero-order chi connectivity index (χ0) is 13.7. The number of nitrogens with zero attached hydrogens (tertiary/aromatic N) is 1. The van der Waals surface area contributed by atoms with Gasteiger partial charge < -0.3 is 10.6 Å². The fourth-order valence-electron chi connectivity index (χ4n) is 2.70. The fourth-order valence-corrected chi connectivity index (χ4v) is 2.70. The summed E-state index contributed by atoms with van der Waals surface area (Å²) in [5.74, 6) is 0.884. The largest absolute Gasteiger partial charge is 0.345 e. The lowest BCUT2D eigenvalue weighted by molar-refractivity contribution is -0.131. The van der Waals surface area contributed by atoms with Crippen LogP contribution in [0.4, 0.5) is 0 Å². The summed E-state index contributed by atoms with van der Waals surface area (Å²) in [6.07, 6.45) is 4.69. The van der Waals surface area contributed by atoms with Crippen molar-refractivity contribution in [1.82, 2.24) is 4.90 Å². The third-order valence-electron chi connectivity index (χ3n) is 3.93. The Bertz CT molecular complexity index is 398. The topological polar surface area (TPSA) is 46.3 Å². The monoisotopic (exact) mass is 260 g/mol. The SMILES string of the molecule is CN(CC1CC(N)C1)C(=O)CCCc1ccccc1. The van der Waals surface area contributed by atoms with Crippen molar-refractivity contribution in [2.24, 2.45) is 11.7 Å². The number of hydrogen-bond donors (Lipinski definition) is 1. The molecular weight excluding hydrogens is 236 g/mol. The van der Waals surface area contributed by atoms with Crippen LogP contribution in [0.15, 0.2) is 30.3 Å². The average Bonchev–Trinajstić information content (AvgIpc) is 2.38. The molecule has 1 aromatic rings. The first kappa shape index (κ1) is 14.1. The molecular formula is C16H24N2O. The quantitative estimate of drug-likeness (QED) is 0.852. The van der Waals surface area contributed by atoms with E-state index >= 15 is 0 Å². The van der Waals surface area contributed by atoms with Crippen LogP contribution < -0.4 is 5.73 Å². The van der Waals surface area contributed by atoms with Gasteiger partial charge in [-0.2, -0.15) is 0 Å². The second-order valence-electron chi connectivity index (χ2n) is 5.71. The molecule has 0 atom stereocenters. The van der Waals surface area contributed by atoms with Gasteiger partial charge in [0.25, 0.3) is 0 Å². The number of carbonyl (C=O) groups excluding carboxylic acids is 1. The van der Waals surface area contributed by atoms with Gasteiger partial charge in [-0.1, -0.05) is 30.3 Å². The first-order valence-electron chi connectivity index (χ1n) is 7.18. The number of aryl methyl sites for hydroxylation is 1. The highest BCUT2D eigenvalue weighted by atomic mass is 16.2. The van der Waals surface area contributed by atoms with Crippen molar-refractivity contribution in [3.63, 3.8) is 0 Å². The van der Waals surface area contributed by atoms with Crippen LogP contribution in [0.25, 0.3) is 0 Å². The zero-order valence-corrected chi connectivity index (χ0v) is 11.7. The molecule has 0 aromatic heterocycles. The van der Waals surface area contributed by atoms with E-state index in [1.807, 2.05) is 30.1 Å². The summed E-state index contributed by atoms with van der Waals surface area (Å²) < 4.78 is 0. The van der Waals surface area contributed by atoms with E-state index in [0.717, 1.165) is 32.2 Å². The summed E-state index contributed by atoms with van der Waals surface area (Å²) in [5.41, 5.74) is 7.07. The number of benzene rings is 1. The number of carbonyl (C=O) groups is 1. The predicted octanol–water partition coefficient (Wildman–Crippen LogP) is 2.21. The van der Waals surface area contributed by atoms with E-state index in [9.17, 15) is 4.79 Å². The molecule has 1 aliphatic carbocycles. The molecule has 0 radical (unpaired) electrons. The van der Waals surface area contributed by atoms with E-state index in [0.29, 0.717) is 18.4 Å². The van der Waals surface area contributed by atoms with E-state index in [1.54, 1.807) is 0 Å². The maximum Gasteiger partial charge on any atom is 0.222 e. The van der Waals surface area contributed by atoms with Crippen LogP contribution in [0.1, 0.15) is 31.2 Å². The average molecular weight is 260 g/mol. The summed E-state index contributed by atoms with van der Waals surface area (Å²) in [7, 11) is 1.91. The Balaban J connectivity index is 1.63. The Morgan fingerprint density at radius 1 is 1.32 bits per heavy atom. The lowest BCUT2D eigenvalue weighted by Gasteiger charge is -2.35. The molecule has 0 unspecified atom stereocenters. The second-order valence-corrected chi connectivity index (χ2v) is 5.71. The molecule has 1 fully saturated rings. The smallest absolute Gasteiger partial charge is 0.222 e. The standard InChI is InChI=1S/C16H24N2O/c1-18(12-14-10-15(17)11-14)16(19)9-5-8-13-6-3-2-4-7-13/h2-4,6-7,14-15H,5,8-12,17H2,1H3. The van der Waals surface area contributed by atoms with E-state index in [2.05, 4.69) is 12.1 Å². The molecule has 0 saturated heterocycles. The number of nitrogens with two attached hydrogens (primary N) is 1.